The first-order chi connectivity index (χ1) is 7.08. The van der Waals surface area contributed by atoms with Gasteiger partial charge in [0.1, 0.15) is 5.78 Å². The first-order valence-electron chi connectivity index (χ1n) is 6.32. The van der Waals surface area contributed by atoms with Gasteiger partial charge in [-0.2, -0.15) is 0 Å². The molecule has 0 saturated carbocycles. The second kappa shape index (κ2) is 4.25. The Labute approximate surface area is 93.0 Å². The molecule has 2 bridgehead atoms. The van der Waals surface area contributed by atoms with Crippen molar-refractivity contribution in [3.8, 4) is 0 Å². The van der Waals surface area contributed by atoms with Crippen molar-refractivity contribution in [3.63, 3.8) is 0 Å². The van der Waals surface area contributed by atoms with Crippen LogP contribution >= 0.6 is 0 Å². The van der Waals surface area contributed by atoms with Gasteiger partial charge in [0.25, 0.3) is 0 Å². The molecule has 2 unspecified atom stereocenters. The summed E-state index contributed by atoms with van der Waals surface area (Å²) in [6.45, 7) is 4.28. The fourth-order valence-electron chi connectivity index (χ4n) is 3.24. The minimum atomic E-state index is 0.376. The van der Waals surface area contributed by atoms with E-state index in [2.05, 4.69) is 25.8 Å². The Morgan fingerprint density at radius 3 is 2.27 bits per heavy atom. The Morgan fingerprint density at radius 1 is 1.27 bits per heavy atom. The Balaban J connectivity index is 1.94. The van der Waals surface area contributed by atoms with Crippen LogP contribution in [0.5, 0.6) is 0 Å². The molecule has 0 amide bonds. The van der Waals surface area contributed by atoms with Crippen molar-refractivity contribution < 1.29 is 4.79 Å². The number of rotatable bonds is 3. The molecule has 0 spiro atoms. The molecule has 0 N–H and O–H groups in total. The van der Waals surface area contributed by atoms with E-state index in [0.29, 0.717) is 29.7 Å². The predicted molar refractivity (Wildman–Crippen MR) is 61.8 cm³/mol. The van der Waals surface area contributed by atoms with E-state index >= 15 is 0 Å². The number of piperidine rings is 1. The molecule has 2 aliphatic heterocycles. The van der Waals surface area contributed by atoms with Crippen LogP contribution in [0.25, 0.3) is 0 Å². The lowest BCUT2D eigenvalue weighted by molar-refractivity contribution is -0.125. The highest BCUT2D eigenvalue weighted by atomic mass is 16.1. The summed E-state index contributed by atoms with van der Waals surface area (Å²) in [5, 5.41) is 0. The minimum Gasteiger partial charge on any atom is -0.300 e. The van der Waals surface area contributed by atoms with Gasteiger partial charge in [-0.3, -0.25) is 4.79 Å². The van der Waals surface area contributed by atoms with Gasteiger partial charge in [-0.05, 0) is 38.6 Å². The lowest BCUT2D eigenvalue weighted by Crippen LogP contribution is -2.42. The third-order valence-electron chi connectivity index (χ3n) is 4.16. The SMILES string of the molecule is CC(C)CC(=O)C1CC2CCC(C1)N2C. The molecule has 2 saturated heterocycles. The molecule has 0 aliphatic carbocycles. The Hall–Kier alpha value is -0.370. The fraction of sp³-hybridized carbons (Fsp3) is 0.923. The predicted octanol–water partition coefficient (Wildman–Crippen LogP) is 2.47. The highest BCUT2D eigenvalue weighted by molar-refractivity contribution is 5.81. The summed E-state index contributed by atoms with van der Waals surface area (Å²) < 4.78 is 0. The topological polar surface area (TPSA) is 20.3 Å². The van der Waals surface area contributed by atoms with Crippen LogP contribution in [0, 0.1) is 11.8 Å². The molecule has 2 rings (SSSR count). The number of Topliss-reactive ketones (excluding diaryl/α,β-unsaturated/α-hetero) is 1. The molecule has 86 valence electrons. The molecule has 0 radical (unpaired) electrons. The average molecular weight is 209 g/mol. The zero-order valence-electron chi connectivity index (χ0n) is 10.2. The average Bonchev–Trinajstić information content (AvgIpc) is 2.38. The number of nitrogens with zero attached hydrogens (tertiary/aromatic N) is 1. The molecule has 2 heteroatoms. The summed E-state index contributed by atoms with van der Waals surface area (Å²) >= 11 is 0. The van der Waals surface area contributed by atoms with Gasteiger partial charge in [-0.1, -0.05) is 13.8 Å². The van der Waals surface area contributed by atoms with Crippen molar-refractivity contribution in [2.45, 2.75) is 58.0 Å². The fourth-order valence-corrected chi connectivity index (χ4v) is 3.24. The van der Waals surface area contributed by atoms with Crippen molar-refractivity contribution in [3.05, 3.63) is 0 Å². The number of hydrogen-bond acceptors (Lipinski definition) is 2. The molecule has 0 aromatic rings. The number of fused-ring (bicyclic) bond motifs is 2. The first-order valence-corrected chi connectivity index (χ1v) is 6.32. The Bertz CT molecular complexity index is 235. The van der Waals surface area contributed by atoms with Gasteiger partial charge in [-0.15, -0.1) is 0 Å². The van der Waals surface area contributed by atoms with Crippen LogP contribution in [-0.4, -0.2) is 29.8 Å². The van der Waals surface area contributed by atoms with Crippen LogP contribution in [0.15, 0.2) is 0 Å². The maximum Gasteiger partial charge on any atom is 0.136 e. The molecule has 2 aliphatic rings. The first kappa shape index (κ1) is 11.1. The lowest BCUT2D eigenvalue weighted by atomic mass is 9.85. The third kappa shape index (κ3) is 2.25. The van der Waals surface area contributed by atoms with Crippen molar-refractivity contribution in [1.82, 2.24) is 4.90 Å². The second-order valence-electron chi connectivity index (χ2n) is 5.78. The largest absolute Gasteiger partial charge is 0.300 e. The van der Waals surface area contributed by atoms with E-state index in [1.165, 1.54) is 12.8 Å². The molecule has 15 heavy (non-hydrogen) atoms. The number of carbonyl (C=O) groups is 1. The third-order valence-corrected chi connectivity index (χ3v) is 4.16. The number of ketones is 1. The van der Waals surface area contributed by atoms with E-state index in [9.17, 15) is 4.79 Å². The monoisotopic (exact) mass is 209 g/mol. The van der Waals surface area contributed by atoms with Gasteiger partial charge in [0.2, 0.25) is 0 Å². The van der Waals surface area contributed by atoms with Crippen molar-refractivity contribution in [2.75, 3.05) is 7.05 Å². The van der Waals surface area contributed by atoms with Crippen LogP contribution in [-0.2, 0) is 4.79 Å². The maximum atomic E-state index is 12.0. The molecule has 2 nitrogen and oxygen atoms in total. The van der Waals surface area contributed by atoms with Crippen LogP contribution in [0.4, 0.5) is 0 Å². The minimum absolute atomic E-state index is 0.376. The van der Waals surface area contributed by atoms with Gasteiger partial charge >= 0.3 is 0 Å². The maximum absolute atomic E-state index is 12.0. The van der Waals surface area contributed by atoms with E-state index in [0.717, 1.165) is 19.3 Å². The van der Waals surface area contributed by atoms with Gasteiger partial charge in [0.15, 0.2) is 0 Å². The zero-order valence-corrected chi connectivity index (χ0v) is 10.2. The smallest absolute Gasteiger partial charge is 0.136 e. The summed E-state index contributed by atoms with van der Waals surface area (Å²) in [6, 6.07) is 1.40. The van der Waals surface area contributed by atoms with Gasteiger partial charge in [0, 0.05) is 24.4 Å². The summed E-state index contributed by atoms with van der Waals surface area (Å²) in [4.78, 5) is 14.5. The highest BCUT2D eigenvalue weighted by Crippen LogP contribution is 2.38. The Morgan fingerprint density at radius 2 is 1.80 bits per heavy atom. The molecule has 2 heterocycles. The van der Waals surface area contributed by atoms with E-state index in [4.69, 9.17) is 0 Å². The summed E-state index contributed by atoms with van der Waals surface area (Å²) in [5.74, 6) is 1.42. The summed E-state index contributed by atoms with van der Waals surface area (Å²) in [5.41, 5.74) is 0. The van der Waals surface area contributed by atoms with E-state index in [1.54, 1.807) is 0 Å². The second-order valence-corrected chi connectivity index (χ2v) is 5.78. The van der Waals surface area contributed by atoms with Crippen LogP contribution in [0.1, 0.15) is 46.0 Å². The normalized spacial score (nSPS) is 36.1. The van der Waals surface area contributed by atoms with Crippen molar-refractivity contribution >= 4 is 5.78 Å². The lowest BCUT2D eigenvalue weighted by Gasteiger charge is -2.35. The van der Waals surface area contributed by atoms with Crippen molar-refractivity contribution in [1.29, 1.82) is 0 Å². The van der Waals surface area contributed by atoms with Gasteiger partial charge in [-0.25, -0.2) is 0 Å². The van der Waals surface area contributed by atoms with E-state index in [1.807, 2.05) is 0 Å². The van der Waals surface area contributed by atoms with Crippen LogP contribution in [0.3, 0.4) is 0 Å². The zero-order chi connectivity index (χ0) is 11.0. The number of carbonyl (C=O) groups excluding carboxylic acids is 1. The molecule has 0 aromatic heterocycles. The molecular weight excluding hydrogens is 186 g/mol. The van der Waals surface area contributed by atoms with Crippen LogP contribution in [0.2, 0.25) is 0 Å². The van der Waals surface area contributed by atoms with Crippen LogP contribution < -0.4 is 0 Å². The number of hydrogen-bond donors (Lipinski definition) is 0. The van der Waals surface area contributed by atoms with E-state index in [-0.39, 0.29) is 0 Å². The standard InChI is InChI=1S/C13H23NO/c1-9(2)6-13(15)10-7-11-4-5-12(8-10)14(11)3/h9-12H,4-8H2,1-3H3. The van der Waals surface area contributed by atoms with E-state index < -0.39 is 0 Å². The van der Waals surface area contributed by atoms with Crippen molar-refractivity contribution in [2.24, 2.45) is 11.8 Å². The molecule has 2 fully saturated rings. The summed E-state index contributed by atoms with van der Waals surface area (Å²) in [6.07, 6.45) is 5.66. The summed E-state index contributed by atoms with van der Waals surface area (Å²) in [7, 11) is 2.23. The van der Waals surface area contributed by atoms with Gasteiger partial charge in [0.05, 0.1) is 0 Å². The Kier molecular flexibility index (Phi) is 3.15. The molecule has 2 atom stereocenters. The molecular formula is C13H23NO. The highest BCUT2D eigenvalue weighted by Gasteiger charge is 2.40. The quantitative estimate of drug-likeness (QED) is 0.711. The molecule has 0 aromatic carbocycles. The van der Waals surface area contributed by atoms with Gasteiger partial charge < -0.3 is 4.90 Å².